The summed E-state index contributed by atoms with van der Waals surface area (Å²) in [5.41, 5.74) is 0. The first kappa shape index (κ1) is 9.23. The van der Waals surface area contributed by atoms with Crippen molar-refractivity contribution < 1.29 is 9.47 Å². The molecule has 1 aliphatic rings. The van der Waals surface area contributed by atoms with Crippen molar-refractivity contribution in [1.29, 1.82) is 0 Å². The lowest BCUT2D eigenvalue weighted by molar-refractivity contribution is -0.249. The van der Waals surface area contributed by atoms with Crippen molar-refractivity contribution in [3.63, 3.8) is 0 Å². The molecule has 3 heteroatoms. The third kappa shape index (κ3) is 2.29. The first-order chi connectivity index (χ1) is 5.33. The minimum absolute atomic E-state index is 0.431. The van der Waals surface area contributed by atoms with Crippen LogP contribution in [0.25, 0.3) is 0 Å². The molecule has 0 amide bonds. The van der Waals surface area contributed by atoms with Gasteiger partial charge in [-0.3, -0.25) is 0 Å². The minimum atomic E-state index is -0.431. The summed E-state index contributed by atoms with van der Waals surface area (Å²) in [5, 5.41) is 0.714. The maximum Gasteiger partial charge on any atom is 0.181 e. The van der Waals surface area contributed by atoms with E-state index in [2.05, 4.69) is 22.5 Å². The number of halogens is 1. The SMILES string of the molecule is C=CCC1(CBr)OCCCO1. The summed E-state index contributed by atoms with van der Waals surface area (Å²) in [7, 11) is 0. The minimum Gasteiger partial charge on any atom is -0.349 e. The van der Waals surface area contributed by atoms with Crippen LogP contribution < -0.4 is 0 Å². The van der Waals surface area contributed by atoms with Gasteiger partial charge in [0.05, 0.1) is 18.5 Å². The van der Waals surface area contributed by atoms with Crippen LogP contribution in [0.4, 0.5) is 0 Å². The highest BCUT2D eigenvalue weighted by molar-refractivity contribution is 9.09. The Kier molecular flexibility index (Phi) is 3.55. The number of hydrogen-bond acceptors (Lipinski definition) is 2. The van der Waals surface area contributed by atoms with Crippen LogP contribution in [-0.2, 0) is 9.47 Å². The Morgan fingerprint density at radius 2 is 2.09 bits per heavy atom. The standard InChI is InChI=1S/C8H13BrO2/c1-2-4-8(7-9)10-5-3-6-11-8/h2H,1,3-7H2. The predicted molar refractivity (Wildman–Crippen MR) is 47.9 cm³/mol. The Hall–Kier alpha value is 0.140. The average molecular weight is 221 g/mol. The van der Waals surface area contributed by atoms with Crippen LogP contribution >= 0.6 is 15.9 Å². The topological polar surface area (TPSA) is 18.5 Å². The summed E-state index contributed by atoms with van der Waals surface area (Å²) in [6, 6.07) is 0. The van der Waals surface area contributed by atoms with Gasteiger partial charge >= 0.3 is 0 Å². The molecule has 1 saturated heterocycles. The van der Waals surface area contributed by atoms with E-state index >= 15 is 0 Å². The lowest BCUT2D eigenvalue weighted by Gasteiger charge is -2.34. The largest absolute Gasteiger partial charge is 0.349 e. The molecule has 64 valence electrons. The number of alkyl halides is 1. The second kappa shape index (κ2) is 4.24. The highest BCUT2D eigenvalue weighted by atomic mass is 79.9. The predicted octanol–water partition coefficient (Wildman–Crippen LogP) is 2.09. The second-order valence-corrected chi connectivity index (χ2v) is 3.15. The van der Waals surface area contributed by atoms with Crippen LogP contribution in [0.1, 0.15) is 12.8 Å². The molecule has 0 aromatic carbocycles. The zero-order valence-corrected chi connectivity index (χ0v) is 8.10. The smallest absolute Gasteiger partial charge is 0.181 e. The quantitative estimate of drug-likeness (QED) is 0.536. The van der Waals surface area contributed by atoms with Crippen LogP contribution in [0.2, 0.25) is 0 Å². The van der Waals surface area contributed by atoms with Crippen molar-refractivity contribution in [1.82, 2.24) is 0 Å². The molecule has 1 aliphatic heterocycles. The van der Waals surface area contributed by atoms with Crippen LogP contribution in [-0.4, -0.2) is 24.3 Å². The molecule has 0 unspecified atom stereocenters. The van der Waals surface area contributed by atoms with Crippen LogP contribution in [0, 0.1) is 0 Å². The van der Waals surface area contributed by atoms with Crippen molar-refractivity contribution in [2.45, 2.75) is 18.6 Å². The van der Waals surface area contributed by atoms with Gasteiger partial charge in [-0.1, -0.05) is 22.0 Å². The molecule has 0 aromatic heterocycles. The molecule has 0 aromatic rings. The maximum absolute atomic E-state index is 5.51. The van der Waals surface area contributed by atoms with Crippen LogP contribution in [0.15, 0.2) is 12.7 Å². The zero-order chi connectivity index (χ0) is 8.16. The van der Waals surface area contributed by atoms with E-state index in [1.807, 2.05) is 6.08 Å². The third-order valence-electron chi connectivity index (χ3n) is 1.68. The van der Waals surface area contributed by atoms with Crippen LogP contribution in [0.5, 0.6) is 0 Å². The van der Waals surface area contributed by atoms with Crippen molar-refractivity contribution in [3.05, 3.63) is 12.7 Å². The molecule has 0 radical (unpaired) electrons. The lowest BCUT2D eigenvalue weighted by atomic mass is 10.2. The van der Waals surface area contributed by atoms with Gasteiger partial charge in [0.2, 0.25) is 0 Å². The zero-order valence-electron chi connectivity index (χ0n) is 6.51. The van der Waals surface area contributed by atoms with Crippen molar-refractivity contribution in [3.8, 4) is 0 Å². The van der Waals surface area contributed by atoms with E-state index in [0.29, 0.717) is 5.33 Å². The molecule has 0 aliphatic carbocycles. The van der Waals surface area contributed by atoms with E-state index in [4.69, 9.17) is 9.47 Å². The Balaban J connectivity index is 2.49. The average Bonchev–Trinajstić information content (AvgIpc) is 2.07. The summed E-state index contributed by atoms with van der Waals surface area (Å²) in [5.74, 6) is -0.431. The molecule has 0 bridgehead atoms. The van der Waals surface area contributed by atoms with Gasteiger partial charge in [-0.05, 0) is 6.42 Å². The number of ether oxygens (including phenoxy) is 2. The fourth-order valence-corrected chi connectivity index (χ4v) is 1.64. The van der Waals surface area contributed by atoms with Gasteiger partial charge in [0.15, 0.2) is 5.79 Å². The fraction of sp³-hybridized carbons (Fsp3) is 0.750. The Bertz CT molecular complexity index is 130. The van der Waals surface area contributed by atoms with E-state index in [9.17, 15) is 0 Å². The van der Waals surface area contributed by atoms with Crippen molar-refractivity contribution in [2.24, 2.45) is 0 Å². The van der Waals surface area contributed by atoms with Gasteiger partial charge in [-0.2, -0.15) is 0 Å². The highest BCUT2D eigenvalue weighted by Crippen LogP contribution is 2.25. The van der Waals surface area contributed by atoms with E-state index in [0.717, 1.165) is 26.1 Å². The van der Waals surface area contributed by atoms with E-state index in [-0.39, 0.29) is 0 Å². The summed E-state index contributed by atoms with van der Waals surface area (Å²) in [4.78, 5) is 0. The lowest BCUT2D eigenvalue weighted by Crippen LogP contribution is -2.41. The molecule has 0 N–H and O–H groups in total. The van der Waals surface area contributed by atoms with Gasteiger partial charge in [0.25, 0.3) is 0 Å². The molecule has 0 atom stereocenters. The van der Waals surface area contributed by atoms with Gasteiger partial charge in [-0.15, -0.1) is 6.58 Å². The molecular formula is C8H13BrO2. The molecule has 0 spiro atoms. The maximum atomic E-state index is 5.51. The Morgan fingerprint density at radius 3 is 2.55 bits per heavy atom. The normalized spacial score (nSPS) is 23.0. The van der Waals surface area contributed by atoms with Gasteiger partial charge in [0.1, 0.15) is 0 Å². The Labute approximate surface area is 75.7 Å². The van der Waals surface area contributed by atoms with Gasteiger partial charge in [0, 0.05) is 6.42 Å². The Morgan fingerprint density at radius 1 is 1.45 bits per heavy atom. The third-order valence-corrected chi connectivity index (χ3v) is 2.53. The fourth-order valence-electron chi connectivity index (χ4n) is 1.09. The van der Waals surface area contributed by atoms with Gasteiger partial charge < -0.3 is 9.47 Å². The number of rotatable bonds is 3. The molecule has 11 heavy (non-hydrogen) atoms. The summed E-state index contributed by atoms with van der Waals surface area (Å²) >= 11 is 3.37. The molecule has 1 rings (SSSR count). The van der Waals surface area contributed by atoms with Crippen molar-refractivity contribution in [2.75, 3.05) is 18.5 Å². The van der Waals surface area contributed by atoms with Gasteiger partial charge in [-0.25, -0.2) is 0 Å². The highest BCUT2D eigenvalue weighted by Gasteiger charge is 2.31. The monoisotopic (exact) mass is 220 g/mol. The summed E-state index contributed by atoms with van der Waals surface area (Å²) in [6.45, 7) is 5.25. The number of hydrogen-bond donors (Lipinski definition) is 0. The second-order valence-electron chi connectivity index (χ2n) is 2.59. The van der Waals surface area contributed by atoms with Crippen LogP contribution in [0.3, 0.4) is 0 Å². The molecule has 0 saturated carbocycles. The van der Waals surface area contributed by atoms with E-state index < -0.39 is 5.79 Å². The molecular weight excluding hydrogens is 208 g/mol. The summed E-state index contributed by atoms with van der Waals surface area (Å²) < 4.78 is 11.0. The molecule has 1 fully saturated rings. The van der Waals surface area contributed by atoms with E-state index in [1.165, 1.54) is 0 Å². The molecule has 2 nitrogen and oxygen atoms in total. The first-order valence-electron chi connectivity index (χ1n) is 3.78. The first-order valence-corrected chi connectivity index (χ1v) is 4.90. The van der Waals surface area contributed by atoms with Crippen molar-refractivity contribution >= 4 is 15.9 Å². The van der Waals surface area contributed by atoms with E-state index in [1.54, 1.807) is 0 Å². The molecule has 1 heterocycles. The summed E-state index contributed by atoms with van der Waals surface area (Å²) in [6.07, 6.45) is 3.57.